The van der Waals surface area contributed by atoms with Crippen LogP contribution in [0.3, 0.4) is 0 Å². The van der Waals surface area contributed by atoms with Crippen molar-refractivity contribution in [2.45, 2.75) is 6.18 Å². The summed E-state index contributed by atoms with van der Waals surface area (Å²) in [5.74, 6) is -0.303. The van der Waals surface area contributed by atoms with Crippen molar-refractivity contribution in [1.82, 2.24) is 9.88 Å². The molecule has 0 unspecified atom stereocenters. The number of benzene rings is 2. The molecule has 1 aliphatic rings. The van der Waals surface area contributed by atoms with E-state index in [1.54, 1.807) is 40.6 Å². The number of carbonyl (C=O) groups excluding carboxylic acids is 2. The Bertz CT molecular complexity index is 1200. The van der Waals surface area contributed by atoms with Crippen molar-refractivity contribution < 1.29 is 22.8 Å². The minimum absolute atomic E-state index is 0.190. The van der Waals surface area contributed by atoms with Gasteiger partial charge in [-0.3, -0.25) is 10.1 Å². The van der Waals surface area contributed by atoms with Gasteiger partial charge in [-0.1, -0.05) is 23.7 Å². The van der Waals surface area contributed by atoms with Crippen LogP contribution >= 0.6 is 22.9 Å². The zero-order valence-electron chi connectivity index (χ0n) is 17.6. The first-order chi connectivity index (χ1) is 16.2. The van der Waals surface area contributed by atoms with E-state index in [1.165, 1.54) is 6.07 Å². The van der Waals surface area contributed by atoms with E-state index >= 15 is 0 Å². The molecule has 1 fully saturated rings. The predicted molar refractivity (Wildman–Crippen MR) is 126 cm³/mol. The number of rotatable bonds is 4. The van der Waals surface area contributed by atoms with Gasteiger partial charge in [0.15, 0.2) is 5.13 Å². The predicted octanol–water partition coefficient (Wildman–Crippen LogP) is 5.42. The number of urea groups is 1. The summed E-state index contributed by atoms with van der Waals surface area (Å²) < 4.78 is 39.0. The van der Waals surface area contributed by atoms with E-state index < -0.39 is 17.8 Å². The number of thiazole rings is 1. The lowest BCUT2D eigenvalue weighted by Gasteiger charge is -2.36. The Balaban J connectivity index is 1.32. The summed E-state index contributed by atoms with van der Waals surface area (Å²) in [5.41, 5.74) is 0.463. The zero-order chi connectivity index (χ0) is 24.3. The van der Waals surface area contributed by atoms with Gasteiger partial charge in [0, 0.05) is 48.0 Å². The van der Waals surface area contributed by atoms with Crippen LogP contribution in [0.15, 0.2) is 53.9 Å². The number of nitrogens with zero attached hydrogens (tertiary/aromatic N) is 3. The van der Waals surface area contributed by atoms with E-state index in [0.29, 0.717) is 42.6 Å². The van der Waals surface area contributed by atoms with Crippen LogP contribution in [-0.2, 0) is 6.18 Å². The van der Waals surface area contributed by atoms with Crippen LogP contribution in [0.25, 0.3) is 0 Å². The molecule has 2 heterocycles. The molecular weight excluding hydrogens is 491 g/mol. The maximum atomic E-state index is 13.0. The van der Waals surface area contributed by atoms with Gasteiger partial charge in [-0.05, 0) is 36.4 Å². The first-order valence-electron chi connectivity index (χ1n) is 10.2. The minimum atomic E-state index is -4.41. The number of piperazine rings is 1. The van der Waals surface area contributed by atoms with Crippen molar-refractivity contribution in [3.8, 4) is 0 Å². The van der Waals surface area contributed by atoms with Crippen molar-refractivity contribution in [3.63, 3.8) is 0 Å². The molecule has 1 aromatic heterocycles. The third-order valence-electron chi connectivity index (χ3n) is 5.13. The topological polar surface area (TPSA) is 77.6 Å². The summed E-state index contributed by atoms with van der Waals surface area (Å²) in [6, 6.07) is 11.3. The summed E-state index contributed by atoms with van der Waals surface area (Å²) >= 11 is 7.01. The smallest absolute Gasteiger partial charge is 0.368 e. The fourth-order valence-corrected chi connectivity index (χ4v) is 4.33. The molecule has 0 radical (unpaired) electrons. The number of amides is 3. The second-order valence-electron chi connectivity index (χ2n) is 7.45. The maximum absolute atomic E-state index is 13.0. The Labute approximate surface area is 202 Å². The number of aromatic nitrogens is 1. The fourth-order valence-electron chi connectivity index (χ4n) is 3.46. The lowest BCUT2D eigenvalue weighted by Crippen LogP contribution is -2.49. The van der Waals surface area contributed by atoms with Crippen LogP contribution in [0.1, 0.15) is 16.1 Å². The average molecular weight is 510 g/mol. The van der Waals surface area contributed by atoms with Gasteiger partial charge >= 0.3 is 12.2 Å². The van der Waals surface area contributed by atoms with Gasteiger partial charge in [0.1, 0.15) is 5.69 Å². The molecule has 2 N–H and O–H groups in total. The highest BCUT2D eigenvalue weighted by Gasteiger charge is 2.31. The van der Waals surface area contributed by atoms with Crippen molar-refractivity contribution in [1.29, 1.82) is 0 Å². The molecule has 0 bridgehead atoms. The molecule has 1 saturated heterocycles. The Morgan fingerprint density at radius 1 is 1.00 bits per heavy atom. The molecule has 12 heteroatoms. The van der Waals surface area contributed by atoms with Crippen LogP contribution in [0, 0.1) is 0 Å². The van der Waals surface area contributed by atoms with Gasteiger partial charge in [-0.25, -0.2) is 9.78 Å². The van der Waals surface area contributed by atoms with E-state index in [1.807, 2.05) is 4.90 Å². The molecule has 3 amide bonds. The van der Waals surface area contributed by atoms with Crippen LogP contribution < -0.4 is 15.5 Å². The van der Waals surface area contributed by atoms with E-state index in [-0.39, 0.29) is 16.7 Å². The van der Waals surface area contributed by atoms with Crippen LogP contribution in [0.4, 0.5) is 34.5 Å². The van der Waals surface area contributed by atoms with E-state index in [9.17, 15) is 22.8 Å². The lowest BCUT2D eigenvalue weighted by molar-refractivity contribution is -0.137. The molecule has 4 rings (SSSR count). The number of halogens is 4. The second-order valence-corrected chi connectivity index (χ2v) is 8.75. The van der Waals surface area contributed by atoms with Crippen LogP contribution in [0.2, 0.25) is 5.02 Å². The third-order valence-corrected chi connectivity index (χ3v) is 6.12. The molecule has 0 aliphatic carbocycles. The number of hydrogen-bond donors (Lipinski definition) is 2. The Kier molecular flexibility index (Phi) is 6.94. The van der Waals surface area contributed by atoms with Gasteiger partial charge in [0.25, 0.3) is 5.91 Å². The molecule has 1 aliphatic heterocycles. The number of alkyl halides is 3. The summed E-state index contributed by atoms with van der Waals surface area (Å²) in [6.45, 7) is 1.46. The number of hydrogen-bond acceptors (Lipinski definition) is 5. The SMILES string of the molecule is O=C(Nc1cccc(Cl)c1)Nc1nc(C(=O)N2CCN(c3cccc(C(F)(F)F)c3)CC2)cs1. The highest BCUT2D eigenvalue weighted by Crippen LogP contribution is 2.32. The van der Waals surface area contributed by atoms with E-state index in [4.69, 9.17) is 11.6 Å². The molecule has 0 spiro atoms. The van der Waals surface area contributed by atoms with E-state index in [2.05, 4.69) is 15.6 Å². The zero-order valence-corrected chi connectivity index (χ0v) is 19.2. The molecule has 178 valence electrons. The fraction of sp³-hybridized carbons (Fsp3) is 0.227. The highest BCUT2D eigenvalue weighted by atomic mass is 35.5. The highest BCUT2D eigenvalue weighted by molar-refractivity contribution is 7.14. The second kappa shape index (κ2) is 9.90. The average Bonchev–Trinajstić information content (AvgIpc) is 3.26. The largest absolute Gasteiger partial charge is 0.416 e. The normalized spacial score (nSPS) is 14.1. The van der Waals surface area contributed by atoms with Gasteiger partial charge in [-0.15, -0.1) is 11.3 Å². The van der Waals surface area contributed by atoms with Crippen LogP contribution in [-0.4, -0.2) is 48.0 Å². The van der Waals surface area contributed by atoms with Gasteiger partial charge in [0.2, 0.25) is 0 Å². The van der Waals surface area contributed by atoms with E-state index in [0.717, 1.165) is 23.5 Å². The molecule has 7 nitrogen and oxygen atoms in total. The van der Waals surface area contributed by atoms with Crippen molar-refractivity contribution >= 4 is 51.4 Å². The summed E-state index contributed by atoms with van der Waals surface area (Å²) in [7, 11) is 0. The first kappa shape index (κ1) is 23.8. The summed E-state index contributed by atoms with van der Waals surface area (Å²) in [6.07, 6.45) is -4.41. The Hall–Kier alpha value is -3.31. The molecule has 2 aromatic carbocycles. The molecule has 34 heavy (non-hydrogen) atoms. The summed E-state index contributed by atoms with van der Waals surface area (Å²) in [4.78, 5) is 32.6. The van der Waals surface area contributed by atoms with Gasteiger partial charge < -0.3 is 15.1 Å². The monoisotopic (exact) mass is 509 g/mol. The standard InChI is InChI=1S/C22H19ClF3N5O2S/c23-15-4-2-5-16(12-15)27-20(33)29-21-28-18(13-34-21)19(32)31-9-7-30(8-10-31)17-6-1-3-14(11-17)22(24,25)26/h1-6,11-13H,7-10H2,(H2,27,28,29,33). The minimum Gasteiger partial charge on any atom is -0.368 e. The van der Waals surface area contributed by atoms with Crippen molar-refractivity contribution in [2.24, 2.45) is 0 Å². The number of carbonyl (C=O) groups is 2. The molecule has 3 aromatic rings. The quantitative estimate of drug-likeness (QED) is 0.492. The molecule has 0 saturated carbocycles. The number of nitrogens with one attached hydrogen (secondary N) is 2. The number of anilines is 3. The van der Waals surface area contributed by atoms with Crippen LogP contribution in [0.5, 0.6) is 0 Å². The maximum Gasteiger partial charge on any atom is 0.416 e. The van der Waals surface area contributed by atoms with Gasteiger partial charge in [-0.2, -0.15) is 13.2 Å². The lowest BCUT2D eigenvalue weighted by atomic mass is 10.1. The van der Waals surface area contributed by atoms with Crippen molar-refractivity contribution in [2.75, 3.05) is 41.7 Å². The summed E-state index contributed by atoms with van der Waals surface area (Å²) in [5, 5.41) is 7.49. The van der Waals surface area contributed by atoms with Crippen molar-refractivity contribution in [3.05, 3.63) is 70.2 Å². The Morgan fingerprint density at radius 3 is 2.44 bits per heavy atom. The first-order valence-corrected chi connectivity index (χ1v) is 11.5. The molecule has 0 atom stereocenters. The Morgan fingerprint density at radius 2 is 1.74 bits per heavy atom. The third kappa shape index (κ3) is 5.78. The van der Waals surface area contributed by atoms with Gasteiger partial charge in [0.05, 0.1) is 5.56 Å². The molecular formula is C22H19ClF3N5O2S.